The molecule has 1 amide bonds. The zero-order valence-corrected chi connectivity index (χ0v) is 14.7. The third-order valence-electron chi connectivity index (χ3n) is 4.66. The van der Waals surface area contributed by atoms with Crippen LogP contribution in [0.2, 0.25) is 0 Å². The standard InChI is InChI=1S/C19H30N2O2/c1-4-8-17(16-9-6-5-7-10-16)18(22)20-15-19(2,3)21-11-13-23-14-12-21/h5-7,9-10,17H,4,8,11-15H2,1-3H3,(H,20,22)/t17-/m1/s1. The van der Waals surface area contributed by atoms with Gasteiger partial charge in [-0.25, -0.2) is 0 Å². The monoisotopic (exact) mass is 318 g/mol. The van der Waals surface area contributed by atoms with Crippen molar-refractivity contribution in [2.75, 3.05) is 32.8 Å². The molecule has 1 aromatic rings. The van der Waals surface area contributed by atoms with E-state index in [0.29, 0.717) is 6.54 Å². The van der Waals surface area contributed by atoms with Crippen LogP contribution in [0.25, 0.3) is 0 Å². The van der Waals surface area contributed by atoms with E-state index in [1.54, 1.807) is 0 Å². The molecule has 128 valence electrons. The van der Waals surface area contributed by atoms with Gasteiger partial charge in [0.25, 0.3) is 0 Å². The summed E-state index contributed by atoms with van der Waals surface area (Å²) in [6.45, 7) is 10.6. The number of nitrogens with zero attached hydrogens (tertiary/aromatic N) is 1. The average molecular weight is 318 g/mol. The van der Waals surface area contributed by atoms with Crippen molar-refractivity contribution >= 4 is 5.91 Å². The minimum Gasteiger partial charge on any atom is -0.379 e. The molecule has 0 bridgehead atoms. The van der Waals surface area contributed by atoms with Gasteiger partial charge in [-0.2, -0.15) is 0 Å². The Morgan fingerprint density at radius 3 is 2.52 bits per heavy atom. The third-order valence-corrected chi connectivity index (χ3v) is 4.66. The van der Waals surface area contributed by atoms with Crippen LogP contribution < -0.4 is 5.32 Å². The summed E-state index contributed by atoms with van der Waals surface area (Å²) in [5.74, 6) is 0.0843. The molecule has 4 heteroatoms. The number of benzene rings is 1. The number of nitrogens with one attached hydrogen (secondary N) is 1. The van der Waals surface area contributed by atoms with Gasteiger partial charge in [-0.15, -0.1) is 0 Å². The number of hydrogen-bond donors (Lipinski definition) is 1. The fraction of sp³-hybridized carbons (Fsp3) is 0.632. The van der Waals surface area contributed by atoms with Crippen LogP contribution in [0.4, 0.5) is 0 Å². The zero-order valence-electron chi connectivity index (χ0n) is 14.7. The molecule has 1 aromatic carbocycles. The molecule has 23 heavy (non-hydrogen) atoms. The second-order valence-electron chi connectivity index (χ2n) is 6.88. The highest BCUT2D eigenvalue weighted by atomic mass is 16.5. The van der Waals surface area contributed by atoms with Crippen LogP contribution >= 0.6 is 0 Å². The smallest absolute Gasteiger partial charge is 0.227 e. The molecule has 0 aromatic heterocycles. The maximum Gasteiger partial charge on any atom is 0.227 e. The summed E-state index contributed by atoms with van der Waals surface area (Å²) in [6, 6.07) is 10.1. The topological polar surface area (TPSA) is 41.6 Å². The van der Waals surface area contributed by atoms with Crippen LogP contribution in [0.15, 0.2) is 30.3 Å². The second-order valence-corrected chi connectivity index (χ2v) is 6.88. The van der Waals surface area contributed by atoms with Crippen molar-refractivity contribution in [2.24, 2.45) is 0 Å². The van der Waals surface area contributed by atoms with E-state index >= 15 is 0 Å². The van der Waals surface area contributed by atoms with Gasteiger partial charge in [0.2, 0.25) is 5.91 Å². The van der Waals surface area contributed by atoms with Gasteiger partial charge in [-0.1, -0.05) is 43.7 Å². The number of rotatable bonds is 7. The molecule has 4 nitrogen and oxygen atoms in total. The number of morpholine rings is 1. The van der Waals surface area contributed by atoms with Crippen molar-refractivity contribution < 1.29 is 9.53 Å². The van der Waals surface area contributed by atoms with Crippen molar-refractivity contribution in [2.45, 2.75) is 45.1 Å². The molecule has 0 radical (unpaired) electrons. The predicted octanol–water partition coefficient (Wildman–Crippen LogP) is 2.80. The molecular formula is C19H30N2O2. The van der Waals surface area contributed by atoms with E-state index in [1.165, 1.54) is 0 Å². The Balaban J connectivity index is 1.95. The molecule has 0 aliphatic carbocycles. The first-order valence-corrected chi connectivity index (χ1v) is 8.70. The Morgan fingerprint density at radius 2 is 1.91 bits per heavy atom. The van der Waals surface area contributed by atoms with E-state index in [0.717, 1.165) is 44.7 Å². The summed E-state index contributed by atoms with van der Waals surface area (Å²) in [7, 11) is 0. The minimum atomic E-state index is -0.0540. The molecule has 1 aliphatic rings. The lowest BCUT2D eigenvalue weighted by atomic mass is 9.93. The van der Waals surface area contributed by atoms with E-state index in [9.17, 15) is 4.79 Å². The molecule has 1 aliphatic heterocycles. The van der Waals surface area contributed by atoms with Crippen LogP contribution in [0.3, 0.4) is 0 Å². The summed E-state index contributed by atoms with van der Waals surface area (Å²) in [5, 5.41) is 3.18. The number of ether oxygens (including phenoxy) is 1. The first kappa shape index (κ1) is 18.0. The lowest BCUT2D eigenvalue weighted by molar-refractivity contribution is -0.123. The van der Waals surface area contributed by atoms with E-state index in [1.807, 2.05) is 30.3 Å². The zero-order chi connectivity index (χ0) is 16.7. The number of carbonyl (C=O) groups excluding carboxylic acids is 1. The first-order valence-electron chi connectivity index (χ1n) is 8.70. The predicted molar refractivity (Wildman–Crippen MR) is 93.6 cm³/mol. The van der Waals surface area contributed by atoms with Gasteiger partial charge < -0.3 is 10.1 Å². The molecule has 2 rings (SSSR count). The highest BCUT2D eigenvalue weighted by Gasteiger charge is 2.29. The number of hydrogen-bond acceptors (Lipinski definition) is 3. The fourth-order valence-electron chi connectivity index (χ4n) is 3.13. The molecule has 1 atom stereocenters. The van der Waals surface area contributed by atoms with Gasteiger partial charge in [0.1, 0.15) is 0 Å². The van der Waals surface area contributed by atoms with Gasteiger partial charge in [-0.3, -0.25) is 9.69 Å². The minimum absolute atomic E-state index is 0.0487. The van der Waals surface area contributed by atoms with Gasteiger partial charge in [0.15, 0.2) is 0 Å². The number of amides is 1. The Hall–Kier alpha value is -1.39. The van der Waals surface area contributed by atoms with E-state index in [-0.39, 0.29) is 17.4 Å². The Morgan fingerprint density at radius 1 is 1.26 bits per heavy atom. The van der Waals surface area contributed by atoms with Gasteiger partial charge in [-0.05, 0) is 25.8 Å². The van der Waals surface area contributed by atoms with Crippen LogP contribution in [-0.4, -0.2) is 49.2 Å². The second kappa shape index (κ2) is 8.46. The molecule has 1 saturated heterocycles. The van der Waals surface area contributed by atoms with Crippen LogP contribution in [0.5, 0.6) is 0 Å². The lowest BCUT2D eigenvalue weighted by Crippen LogP contribution is -2.55. The maximum atomic E-state index is 12.7. The first-order chi connectivity index (χ1) is 11.0. The fourth-order valence-corrected chi connectivity index (χ4v) is 3.13. The SMILES string of the molecule is CCC[C@@H](C(=O)NCC(C)(C)N1CCOCC1)c1ccccc1. The van der Waals surface area contributed by atoms with Crippen molar-refractivity contribution in [1.29, 1.82) is 0 Å². The van der Waals surface area contributed by atoms with E-state index in [4.69, 9.17) is 4.74 Å². The molecule has 1 heterocycles. The average Bonchev–Trinajstić information content (AvgIpc) is 2.59. The normalized spacial score (nSPS) is 17.7. The molecule has 0 spiro atoms. The summed E-state index contributed by atoms with van der Waals surface area (Å²) < 4.78 is 5.42. The highest BCUT2D eigenvalue weighted by molar-refractivity contribution is 5.83. The van der Waals surface area contributed by atoms with Gasteiger partial charge >= 0.3 is 0 Å². The highest BCUT2D eigenvalue weighted by Crippen LogP contribution is 2.22. The third kappa shape index (κ3) is 5.05. The lowest BCUT2D eigenvalue weighted by Gasteiger charge is -2.41. The van der Waals surface area contributed by atoms with Crippen molar-refractivity contribution in [3.8, 4) is 0 Å². The Kier molecular flexibility index (Phi) is 6.60. The number of carbonyl (C=O) groups is 1. The van der Waals surface area contributed by atoms with Gasteiger partial charge in [0, 0.05) is 25.2 Å². The summed E-state index contributed by atoms with van der Waals surface area (Å²) >= 11 is 0. The van der Waals surface area contributed by atoms with Crippen molar-refractivity contribution in [3.63, 3.8) is 0 Å². The molecule has 1 N–H and O–H groups in total. The maximum absolute atomic E-state index is 12.7. The molecule has 1 fully saturated rings. The van der Waals surface area contributed by atoms with Crippen LogP contribution in [0.1, 0.15) is 45.1 Å². The van der Waals surface area contributed by atoms with Gasteiger partial charge in [0.05, 0.1) is 19.1 Å². The Bertz CT molecular complexity index is 481. The van der Waals surface area contributed by atoms with Crippen LogP contribution in [-0.2, 0) is 9.53 Å². The Labute approximate surface area is 140 Å². The molecule has 0 unspecified atom stereocenters. The largest absolute Gasteiger partial charge is 0.379 e. The quantitative estimate of drug-likeness (QED) is 0.840. The summed E-state index contributed by atoms with van der Waals surface area (Å²) in [5.41, 5.74) is 1.06. The summed E-state index contributed by atoms with van der Waals surface area (Å²) in [4.78, 5) is 15.1. The van der Waals surface area contributed by atoms with Crippen molar-refractivity contribution in [3.05, 3.63) is 35.9 Å². The van der Waals surface area contributed by atoms with Crippen molar-refractivity contribution in [1.82, 2.24) is 10.2 Å². The summed E-state index contributed by atoms with van der Waals surface area (Å²) in [6.07, 6.45) is 1.88. The molecule has 0 saturated carbocycles. The van der Waals surface area contributed by atoms with E-state index in [2.05, 4.69) is 31.0 Å². The molecular weight excluding hydrogens is 288 g/mol. The van der Waals surface area contributed by atoms with E-state index < -0.39 is 0 Å². The van der Waals surface area contributed by atoms with Crippen LogP contribution in [0, 0.1) is 0 Å².